The predicted molar refractivity (Wildman–Crippen MR) is 83.2 cm³/mol. The first-order valence-corrected chi connectivity index (χ1v) is 8.39. The van der Waals surface area contributed by atoms with E-state index in [4.69, 9.17) is 9.57 Å². The third-order valence-electron chi connectivity index (χ3n) is 4.69. The van der Waals surface area contributed by atoms with Crippen molar-refractivity contribution in [3.8, 4) is 0 Å². The van der Waals surface area contributed by atoms with E-state index in [2.05, 4.69) is 44.2 Å². The minimum Gasteiger partial charge on any atom is -1.00 e. The van der Waals surface area contributed by atoms with Gasteiger partial charge < -0.3 is 21.7 Å². The maximum atomic E-state index is 6.42. The van der Waals surface area contributed by atoms with Gasteiger partial charge in [0.15, 0.2) is 0 Å². The summed E-state index contributed by atoms with van der Waals surface area (Å²) >= 11 is 0. The molecule has 0 aliphatic carbocycles. The molecule has 1 aromatic rings. The molecule has 2 aliphatic rings. The van der Waals surface area contributed by atoms with Crippen LogP contribution in [0, 0.1) is 5.92 Å². The van der Waals surface area contributed by atoms with Gasteiger partial charge in [-0.15, -0.1) is 0 Å². The number of hydroxylamine groups is 3. The predicted octanol–water partition coefficient (Wildman–Crippen LogP) is 0.894. The first kappa shape index (κ1) is 17.9. The van der Waals surface area contributed by atoms with Crippen LogP contribution in [0.1, 0.15) is 45.1 Å². The number of quaternary nitrogens is 1. The summed E-state index contributed by atoms with van der Waals surface area (Å²) in [5.74, 6) is 0.564. The molecule has 22 heavy (non-hydrogen) atoms. The van der Waals surface area contributed by atoms with Crippen LogP contribution in [0.5, 0.6) is 0 Å². The zero-order valence-corrected chi connectivity index (χ0v) is 15.3. The van der Waals surface area contributed by atoms with E-state index < -0.39 is 0 Å². The van der Waals surface area contributed by atoms with Crippen molar-refractivity contribution in [2.45, 2.75) is 58.4 Å². The fourth-order valence-electron chi connectivity index (χ4n) is 3.66. The van der Waals surface area contributed by atoms with E-state index in [1.54, 1.807) is 0 Å². The maximum Gasteiger partial charge on any atom is 0.221 e. The van der Waals surface area contributed by atoms with Gasteiger partial charge in [0, 0.05) is 12.0 Å². The van der Waals surface area contributed by atoms with Crippen LogP contribution in [0.25, 0.3) is 0 Å². The molecular formula is C18H28BrNO2. The summed E-state index contributed by atoms with van der Waals surface area (Å²) in [5, 5.41) is 0. The van der Waals surface area contributed by atoms with E-state index in [1.165, 1.54) is 24.8 Å². The van der Waals surface area contributed by atoms with Gasteiger partial charge >= 0.3 is 0 Å². The van der Waals surface area contributed by atoms with E-state index in [-0.39, 0.29) is 23.3 Å². The molecular weight excluding hydrogens is 342 g/mol. The van der Waals surface area contributed by atoms with Crippen molar-refractivity contribution < 1.29 is 31.2 Å². The van der Waals surface area contributed by atoms with Crippen LogP contribution in [0.2, 0.25) is 0 Å². The molecule has 0 aromatic heterocycles. The average Bonchev–Trinajstić information content (AvgIpc) is 2.84. The largest absolute Gasteiger partial charge is 1.00 e. The summed E-state index contributed by atoms with van der Waals surface area (Å²) in [6.45, 7) is 7.28. The zero-order valence-electron chi connectivity index (χ0n) is 13.7. The van der Waals surface area contributed by atoms with Crippen LogP contribution in [0.15, 0.2) is 30.3 Å². The minimum atomic E-state index is -0.0146. The first-order valence-electron chi connectivity index (χ1n) is 8.39. The van der Waals surface area contributed by atoms with Crippen LogP contribution in [-0.2, 0) is 16.1 Å². The Labute approximate surface area is 144 Å². The van der Waals surface area contributed by atoms with E-state index in [1.807, 2.05) is 0 Å². The van der Waals surface area contributed by atoms with Crippen molar-refractivity contribution in [2.24, 2.45) is 5.92 Å². The van der Waals surface area contributed by atoms with E-state index in [0.29, 0.717) is 12.0 Å². The Morgan fingerprint density at radius 2 is 2.00 bits per heavy atom. The Kier molecular flexibility index (Phi) is 6.45. The van der Waals surface area contributed by atoms with Crippen LogP contribution in [0.4, 0.5) is 0 Å². The minimum absolute atomic E-state index is 0. The molecule has 4 heteroatoms. The lowest BCUT2D eigenvalue weighted by molar-refractivity contribution is -1.13. The van der Waals surface area contributed by atoms with Crippen molar-refractivity contribution in [3.63, 3.8) is 0 Å². The summed E-state index contributed by atoms with van der Waals surface area (Å²) < 4.78 is 6.77. The lowest BCUT2D eigenvalue weighted by Gasteiger charge is -2.39. The molecule has 2 saturated heterocycles. The molecule has 0 bridgehead atoms. The number of ether oxygens (including phenoxy) is 1. The van der Waals surface area contributed by atoms with Gasteiger partial charge in [0.2, 0.25) is 6.29 Å². The number of hydrogen-bond donors (Lipinski definition) is 0. The number of hydrogen-bond acceptors (Lipinski definition) is 2. The zero-order chi connectivity index (χ0) is 14.7. The van der Waals surface area contributed by atoms with Crippen LogP contribution in [-0.4, -0.2) is 30.1 Å². The molecule has 1 unspecified atom stereocenters. The average molecular weight is 370 g/mol. The summed E-state index contributed by atoms with van der Waals surface area (Å²) in [5.41, 5.74) is 1.37. The third kappa shape index (κ3) is 4.10. The van der Waals surface area contributed by atoms with Gasteiger partial charge in [-0.1, -0.05) is 44.2 Å². The Balaban J connectivity index is 0.00000176. The van der Waals surface area contributed by atoms with Crippen LogP contribution >= 0.6 is 0 Å². The Bertz CT molecular complexity index is 454. The van der Waals surface area contributed by atoms with Gasteiger partial charge in [0.25, 0.3) is 0 Å². The molecule has 3 atom stereocenters. The van der Waals surface area contributed by atoms with Gasteiger partial charge in [-0.3, -0.25) is 0 Å². The molecule has 3 nitrogen and oxygen atoms in total. The smallest absolute Gasteiger partial charge is 0.221 e. The summed E-state index contributed by atoms with van der Waals surface area (Å²) in [7, 11) is 0. The summed E-state index contributed by atoms with van der Waals surface area (Å²) in [6, 6.07) is 11.4. The molecule has 0 N–H and O–H groups in total. The van der Waals surface area contributed by atoms with E-state index >= 15 is 0 Å². The highest BCUT2D eigenvalue weighted by molar-refractivity contribution is 5.13. The van der Waals surface area contributed by atoms with Gasteiger partial charge in [-0.05, 0) is 18.8 Å². The van der Waals surface area contributed by atoms with Gasteiger partial charge in [0.05, 0.1) is 13.0 Å². The molecule has 0 saturated carbocycles. The van der Waals surface area contributed by atoms with Crippen molar-refractivity contribution in [3.05, 3.63) is 35.9 Å². The normalized spacial score (nSPS) is 30.9. The monoisotopic (exact) mass is 369 g/mol. The van der Waals surface area contributed by atoms with Gasteiger partial charge in [-0.2, -0.15) is 9.48 Å². The van der Waals surface area contributed by atoms with Gasteiger partial charge in [-0.25, -0.2) is 0 Å². The fourth-order valence-corrected chi connectivity index (χ4v) is 3.66. The van der Waals surface area contributed by atoms with E-state index in [0.717, 1.165) is 30.8 Å². The molecule has 3 rings (SSSR count). The number of nitrogens with zero attached hydrogens (tertiary/aromatic N) is 1. The molecule has 2 heterocycles. The van der Waals surface area contributed by atoms with E-state index in [9.17, 15) is 0 Å². The van der Waals surface area contributed by atoms with Gasteiger partial charge in [0.1, 0.15) is 19.1 Å². The second-order valence-corrected chi connectivity index (χ2v) is 6.97. The van der Waals surface area contributed by atoms with Crippen molar-refractivity contribution in [1.82, 2.24) is 0 Å². The van der Waals surface area contributed by atoms with Crippen LogP contribution < -0.4 is 17.0 Å². The van der Waals surface area contributed by atoms with Crippen LogP contribution in [0.3, 0.4) is 0 Å². The summed E-state index contributed by atoms with van der Waals surface area (Å²) in [6.07, 6.45) is 4.91. The second kappa shape index (κ2) is 7.91. The molecule has 124 valence electrons. The fraction of sp³-hybridized carbons (Fsp3) is 0.667. The Morgan fingerprint density at radius 1 is 1.23 bits per heavy atom. The lowest BCUT2D eigenvalue weighted by Crippen LogP contribution is -3.00. The number of halogens is 1. The highest BCUT2D eigenvalue weighted by atomic mass is 79.9. The number of benzene rings is 1. The molecule has 1 aromatic carbocycles. The topological polar surface area (TPSA) is 18.5 Å². The Morgan fingerprint density at radius 3 is 2.73 bits per heavy atom. The molecule has 0 spiro atoms. The maximum absolute atomic E-state index is 6.42. The number of piperidine rings is 1. The standard InChI is InChI=1S/C18H28NO2.BrH/c1-15(2)14-20-18-12-17-10-6-7-11-19(17,21-18)13-16-8-4-3-5-9-16;/h3-5,8-9,15,17-18H,6-7,10-14H2,1-2H3;1H/q+1;/p-1/t17-,18+,19?;/m1./s1. The Hall–Kier alpha value is -0.420. The number of fused-ring (bicyclic) bond motifs is 1. The molecule has 0 radical (unpaired) electrons. The summed E-state index contributed by atoms with van der Waals surface area (Å²) in [4.78, 5) is 6.42. The third-order valence-corrected chi connectivity index (χ3v) is 4.69. The molecule has 0 amide bonds. The first-order chi connectivity index (χ1) is 10.2. The number of rotatable bonds is 5. The lowest BCUT2D eigenvalue weighted by atomic mass is 9.98. The van der Waals surface area contributed by atoms with Crippen molar-refractivity contribution >= 4 is 0 Å². The van der Waals surface area contributed by atoms with Crippen molar-refractivity contribution in [2.75, 3.05) is 13.2 Å². The molecule has 2 fully saturated rings. The van der Waals surface area contributed by atoms with Crippen molar-refractivity contribution in [1.29, 1.82) is 0 Å². The molecule has 2 aliphatic heterocycles. The second-order valence-electron chi connectivity index (χ2n) is 6.97. The highest BCUT2D eigenvalue weighted by Crippen LogP contribution is 2.39. The SMILES string of the molecule is CC(C)CO[C@@H]1C[C@H]2CCCC[N+]2(Cc2ccccc2)O1.[Br-]. The highest BCUT2D eigenvalue weighted by Gasteiger charge is 2.51. The quantitative estimate of drug-likeness (QED) is 0.717.